The molecule has 1 aliphatic carbocycles. The molecule has 3 rings (SSSR count). The molecule has 7 heteroatoms. The summed E-state index contributed by atoms with van der Waals surface area (Å²) >= 11 is 0. The molecule has 144 valence electrons. The molecule has 0 N–H and O–H groups in total. The Balaban J connectivity index is 1.68. The minimum Gasteiger partial charge on any atom is -0.457 e. The van der Waals surface area contributed by atoms with Crippen molar-refractivity contribution in [3.8, 4) is 0 Å². The average molecular weight is 379 g/mol. The Morgan fingerprint density at radius 1 is 1.15 bits per heavy atom. The van der Waals surface area contributed by atoms with E-state index in [0.29, 0.717) is 18.5 Å². The summed E-state index contributed by atoms with van der Waals surface area (Å²) in [4.78, 5) is 24.9. The molecule has 0 bridgehead atoms. The van der Waals surface area contributed by atoms with E-state index in [1.54, 1.807) is 0 Å². The molecule has 1 heterocycles. The molecule has 1 aromatic heterocycles. The first-order valence-corrected chi connectivity index (χ1v) is 8.63. The molecule has 1 aliphatic rings. The van der Waals surface area contributed by atoms with E-state index in [1.807, 2.05) is 30.3 Å². The summed E-state index contributed by atoms with van der Waals surface area (Å²) in [5.74, 6) is -0.972. The average Bonchev–Trinajstić information content (AvgIpc) is 3.38. The number of alkyl halides is 3. The molecule has 0 atom stereocenters. The molecule has 27 heavy (non-hydrogen) atoms. The van der Waals surface area contributed by atoms with Crippen LogP contribution in [0.1, 0.15) is 40.2 Å². The molecule has 0 aliphatic heterocycles. The lowest BCUT2D eigenvalue weighted by Crippen LogP contribution is -2.26. The molecule has 0 unspecified atom stereocenters. The number of esters is 1. The lowest BCUT2D eigenvalue weighted by Gasteiger charge is -2.15. The molecule has 1 fully saturated rings. The number of carbonyl (C=O) groups is 2. The highest BCUT2D eigenvalue weighted by molar-refractivity contribution is 6.00. The van der Waals surface area contributed by atoms with Gasteiger partial charge in [-0.25, -0.2) is 0 Å². The molecular formula is C20H20F3NO3. The van der Waals surface area contributed by atoms with Gasteiger partial charge in [0.05, 0.1) is 5.41 Å². The van der Waals surface area contributed by atoms with Gasteiger partial charge in [0.1, 0.15) is 6.54 Å². The number of nitrogens with zero attached hydrogens (tertiary/aromatic N) is 1. The van der Waals surface area contributed by atoms with Gasteiger partial charge in [0.2, 0.25) is 5.78 Å². The Hall–Kier alpha value is -2.57. The summed E-state index contributed by atoms with van der Waals surface area (Å²) in [6, 6.07) is 10.6. The van der Waals surface area contributed by atoms with Gasteiger partial charge in [-0.1, -0.05) is 30.3 Å². The Morgan fingerprint density at radius 3 is 2.33 bits per heavy atom. The number of aryl methyl sites for hydroxylation is 1. The van der Waals surface area contributed by atoms with Crippen molar-refractivity contribution < 1.29 is 27.5 Å². The van der Waals surface area contributed by atoms with Crippen molar-refractivity contribution in [3.05, 3.63) is 58.9 Å². The fourth-order valence-electron chi connectivity index (χ4n) is 3.35. The fraction of sp³-hybridized carbons (Fsp3) is 0.400. The van der Waals surface area contributed by atoms with Crippen LogP contribution in [-0.2, 0) is 21.5 Å². The van der Waals surface area contributed by atoms with Gasteiger partial charge in [-0.3, -0.25) is 9.59 Å². The second-order valence-corrected chi connectivity index (χ2v) is 6.93. The number of carbonyl (C=O) groups excluding carboxylic acids is 2. The highest BCUT2D eigenvalue weighted by atomic mass is 19.4. The lowest BCUT2D eigenvalue weighted by atomic mass is 9.96. The number of rotatable bonds is 6. The monoisotopic (exact) mass is 379 g/mol. The van der Waals surface area contributed by atoms with Gasteiger partial charge in [0, 0.05) is 17.0 Å². The molecule has 0 radical (unpaired) electrons. The van der Waals surface area contributed by atoms with Crippen molar-refractivity contribution in [1.82, 2.24) is 4.57 Å². The number of aromatic nitrogens is 1. The highest BCUT2D eigenvalue weighted by Gasteiger charge is 2.52. The van der Waals surface area contributed by atoms with Crippen LogP contribution in [0.5, 0.6) is 0 Å². The van der Waals surface area contributed by atoms with Gasteiger partial charge in [-0.2, -0.15) is 13.2 Å². The maximum Gasteiger partial charge on any atom is 0.406 e. The molecule has 4 nitrogen and oxygen atoms in total. The third kappa shape index (κ3) is 3.91. The molecule has 1 aromatic carbocycles. The van der Waals surface area contributed by atoms with Crippen molar-refractivity contribution in [2.45, 2.75) is 44.8 Å². The third-order valence-corrected chi connectivity index (χ3v) is 5.01. The summed E-state index contributed by atoms with van der Waals surface area (Å²) in [6.07, 6.45) is -3.07. The first kappa shape index (κ1) is 19.2. The molecule has 0 amide bonds. The number of ketones is 1. The summed E-state index contributed by atoms with van der Waals surface area (Å²) in [6.45, 7) is 1.33. The van der Waals surface area contributed by atoms with Crippen molar-refractivity contribution >= 4 is 11.8 Å². The Morgan fingerprint density at radius 2 is 1.78 bits per heavy atom. The van der Waals surface area contributed by atoms with E-state index in [1.165, 1.54) is 19.9 Å². The van der Waals surface area contributed by atoms with E-state index in [0.717, 1.165) is 10.1 Å². The number of benzene rings is 1. The zero-order valence-corrected chi connectivity index (χ0v) is 15.1. The van der Waals surface area contributed by atoms with E-state index < -0.39 is 36.5 Å². The van der Waals surface area contributed by atoms with Crippen molar-refractivity contribution in [2.75, 3.05) is 6.61 Å². The first-order valence-electron chi connectivity index (χ1n) is 8.63. The van der Waals surface area contributed by atoms with Crippen LogP contribution >= 0.6 is 0 Å². The van der Waals surface area contributed by atoms with Crippen LogP contribution in [0.2, 0.25) is 0 Å². The van der Waals surface area contributed by atoms with Crippen LogP contribution in [0.15, 0.2) is 36.4 Å². The summed E-state index contributed by atoms with van der Waals surface area (Å²) in [5.41, 5.74) is 0.853. The zero-order valence-electron chi connectivity index (χ0n) is 15.1. The minimum absolute atomic E-state index is 0.147. The molecule has 1 saturated carbocycles. The Bertz CT molecular complexity index is 865. The van der Waals surface area contributed by atoms with Crippen LogP contribution in [0, 0.1) is 13.8 Å². The van der Waals surface area contributed by atoms with E-state index in [4.69, 9.17) is 4.74 Å². The smallest absolute Gasteiger partial charge is 0.406 e. The van der Waals surface area contributed by atoms with Gasteiger partial charge >= 0.3 is 12.1 Å². The van der Waals surface area contributed by atoms with Gasteiger partial charge in [-0.05, 0) is 38.3 Å². The predicted molar refractivity (Wildman–Crippen MR) is 92.6 cm³/mol. The zero-order chi connectivity index (χ0) is 19.8. The lowest BCUT2D eigenvalue weighted by molar-refractivity contribution is -0.145. The fourth-order valence-corrected chi connectivity index (χ4v) is 3.35. The van der Waals surface area contributed by atoms with Crippen molar-refractivity contribution in [2.24, 2.45) is 0 Å². The second-order valence-electron chi connectivity index (χ2n) is 6.93. The number of hydrogen-bond acceptors (Lipinski definition) is 3. The third-order valence-electron chi connectivity index (χ3n) is 5.01. The van der Waals surface area contributed by atoms with Gasteiger partial charge in [0.25, 0.3) is 0 Å². The second kappa shape index (κ2) is 6.87. The standard InChI is InChI=1S/C20H20F3NO3/c1-13-10-16(14(2)24(13)12-20(21,22)23)17(25)11-27-18(26)19(8-9-19)15-6-4-3-5-7-15/h3-7,10H,8-9,11-12H2,1-2H3. The van der Waals surface area contributed by atoms with Gasteiger partial charge in [-0.15, -0.1) is 0 Å². The van der Waals surface area contributed by atoms with Crippen LogP contribution in [0.3, 0.4) is 0 Å². The summed E-state index contributed by atoms with van der Waals surface area (Å²) < 4.78 is 44.3. The number of hydrogen-bond donors (Lipinski definition) is 0. The minimum atomic E-state index is -4.38. The number of halogens is 3. The quantitative estimate of drug-likeness (QED) is 0.560. The largest absolute Gasteiger partial charge is 0.457 e. The normalized spacial score (nSPS) is 15.4. The Kier molecular flexibility index (Phi) is 4.88. The summed E-state index contributed by atoms with van der Waals surface area (Å²) in [7, 11) is 0. The van der Waals surface area contributed by atoms with Crippen molar-refractivity contribution in [3.63, 3.8) is 0 Å². The van der Waals surface area contributed by atoms with Crippen LogP contribution in [0.4, 0.5) is 13.2 Å². The predicted octanol–water partition coefficient (Wildman–Crippen LogP) is 4.12. The maximum atomic E-state index is 12.7. The van der Waals surface area contributed by atoms with Crippen LogP contribution in [-0.4, -0.2) is 29.1 Å². The van der Waals surface area contributed by atoms with E-state index >= 15 is 0 Å². The number of ether oxygens (including phenoxy) is 1. The molecule has 0 saturated heterocycles. The van der Waals surface area contributed by atoms with Gasteiger partial charge < -0.3 is 9.30 Å². The maximum absolute atomic E-state index is 12.7. The topological polar surface area (TPSA) is 48.3 Å². The highest BCUT2D eigenvalue weighted by Crippen LogP contribution is 2.49. The van der Waals surface area contributed by atoms with Gasteiger partial charge in [0.15, 0.2) is 6.61 Å². The molecule has 0 spiro atoms. The Labute approximate surface area is 154 Å². The summed E-state index contributed by atoms with van der Waals surface area (Å²) in [5, 5.41) is 0. The molecule has 2 aromatic rings. The van der Waals surface area contributed by atoms with E-state index in [-0.39, 0.29) is 11.3 Å². The van der Waals surface area contributed by atoms with Crippen molar-refractivity contribution in [1.29, 1.82) is 0 Å². The van der Waals surface area contributed by atoms with Crippen LogP contribution in [0.25, 0.3) is 0 Å². The van der Waals surface area contributed by atoms with E-state index in [9.17, 15) is 22.8 Å². The van der Waals surface area contributed by atoms with Crippen LogP contribution < -0.4 is 0 Å². The SMILES string of the molecule is Cc1cc(C(=O)COC(=O)C2(c3ccccc3)CC2)c(C)n1CC(F)(F)F. The first-order chi connectivity index (χ1) is 12.6. The number of Topliss-reactive ketones (excluding diaryl/α,β-unsaturated/α-hetero) is 1. The molecular weight excluding hydrogens is 359 g/mol. The van der Waals surface area contributed by atoms with E-state index in [2.05, 4.69) is 0 Å².